The summed E-state index contributed by atoms with van der Waals surface area (Å²) in [5.41, 5.74) is -0.766. The van der Waals surface area contributed by atoms with E-state index in [0.717, 1.165) is 18.2 Å². The van der Waals surface area contributed by atoms with Crippen LogP contribution in [0.5, 0.6) is 0 Å². The maximum absolute atomic E-state index is 13.1. The molecule has 2 heterocycles. The number of benzene rings is 2. The summed E-state index contributed by atoms with van der Waals surface area (Å²) in [6, 6.07) is 12.6. The average Bonchev–Trinajstić information content (AvgIpc) is 3.08. The van der Waals surface area contributed by atoms with Gasteiger partial charge in [-0.3, -0.25) is 0 Å². The minimum absolute atomic E-state index is 0.0157. The van der Waals surface area contributed by atoms with Crippen LogP contribution in [0.2, 0.25) is 0 Å². The predicted octanol–water partition coefficient (Wildman–Crippen LogP) is 3.16. The Bertz CT molecular complexity index is 1280. The lowest BCUT2D eigenvalue weighted by Gasteiger charge is -2.31. The summed E-state index contributed by atoms with van der Waals surface area (Å²) in [7, 11) is -2.64. The Hall–Kier alpha value is -2.92. The molecule has 1 aliphatic heterocycles. The first kappa shape index (κ1) is 22.3. The van der Waals surface area contributed by atoms with Gasteiger partial charge in [0.25, 0.3) is 0 Å². The topological polar surface area (TPSA) is 77.2 Å². The van der Waals surface area contributed by atoms with Gasteiger partial charge in [0.05, 0.1) is 16.1 Å². The van der Waals surface area contributed by atoms with Crippen LogP contribution < -0.4 is 5.69 Å². The molecule has 1 atom stereocenters. The lowest BCUT2D eigenvalue weighted by Crippen LogP contribution is -2.40. The van der Waals surface area contributed by atoms with E-state index in [-0.39, 0.29) is 18.8 Å². The summed E-state index contributed by atoms with van der Waals surface area (Å²) in [5.74, 6) is 0.0334. The van der Waals surface area contributed by atoms with Crippen LogP contribution in [-0.2, 0) is 23.2 Å². The smallest absolute Gasteiger partial charge is 0.247 e. The number of hydrogen-bond donors (Lipinski definition) is 0. The first-order valence-electron chi connectivity index (χ1n) is 9.98. The van der Waals surface area contributed by atoms with Gasteiger partial charge in [0.1, 0.15) is 5.82 Å². The predicted molar refractivity (Wildman–Crippen MR) is 111 cm³/mol. The highest BCUT2D eigenvalue weighted by molar-refractivity contribution is 7.89. The van der Waals surface area contributed by atoms with E-state index >= 15 is 0 Å². The molecule has 11 heteroatoms. The highest BCUT2D eigenvalue weighted by Gasteiger charge is 2.36. The molecule has 1 unspecified atom stereocenters. The van der Waals surface area contributed by atoms with Crippen molar-refractivity contribution in [2.75, 3.05) is 13.1 Å². The van der Waals surface area contributed by atoms with E-state index in [1.165, 1.54) is 20.6 Å². The molecule has 0 spiro atoms. The number of aromatic nitrogens is 3. The molecule has 0 aliphatic carbocycles. The summed E-state index contributed by atoms with van der Waals surface area (Å²) in [4.78, 5) is 12.3. The molecule has 1 aliphatic rings. The van der Waals surface area contributed by atoms with Crippen molar-refractivity contribution >= 4 is 10.0 Å². The zero-order valence-corrected chi connectivity index (χ0v) is 18.0. The SMILES string of the molecule is Cn1nc(C2CCCN(S(=O)(=O)c3cccc(C(F)(F)F)c3)C2)n(-c2ccccc2)c1=O. The Labute approximate surface area is 182 Å². The Morgan fingerprint density at radius 3 is 2.47 bits per heavy atom. The fourth-order valence-corrected chi connectivity index (χ4v) is 5.49. The molecule has 2 aromatic carbocycles. The molecule has 0 saturated carbocycles. The number of hydrogen-bond acceptors (Lipinski definition) is 4. The van der Waals surface area contributed by atoms with Crippen LogP contribution in [0.3, 0.4) is 0 Å². The van der Waals surface area contributed by atoms with Gasteiger partial charge < -0.3 is 0 Å². The van der Waals surface area contributed by atoms with Crippen molar-refractivity contribution in [3.8, 4) is 5.69 Å². The normalized spacial score (nSPS) is 18.1. The quantitative estimate of drug-likeness (QED) is 0.592. The van der Waals surface area contributed by atoms with Gasteiger partial charge in [0.2, 0.25) is 10.0 Å². The minimum Gasteiger partial charge on any atom is -0.247 e. The second-order valence-corrected chi connectivity index (χ2v) is 9.60. The molecule has 32 heavy (non-hydrogen) atoms. The summed E-state index contributed by atoms with van der Waals surface area (Å²) in [6.07, 6.45) is -3.56. The number of rotatable bonds is 4. The van der Waals surface area contributed by atoms with Crippen molar-refractivity contribution in [1.82, 2.24) is 18.7 Å². The van der Waals surface area contributed by atoms with Gasteiger partial charge in [-0.15, -0.1) is 0 Å². The minimum atomic E-state index is -4.64. The van der Waals surface area contributed by atoms with Crippen LogP contribution in [0.4, 0.5) is 13.2 Å². The molecular weight excluding hydrogens is 445 g/mol. The van der Waals surface area contributed by atoms with Gasteiger partial charge in [0.15, 0.2) is 0 Å². The third kappa shape index (κ3) is 4.09. The monoisotopic (exact) mass is 466 g/mol. The zero-order valence-electron chi connectivity index (χ0n) is 17.2. The molecule has 1 fully saturated rings. The highest BCUT2D eigenvalue weighted by Crippen LogP contribution is 2.33. The molecule has 7 nitrogen and oxygen atoms in total. The lowest BCUT2D eigenvalue weighted by atomic mass is 9.98. The standard InChI is InChI=1S/C21H21F3N4O3S/c1-26-20(29)28(17-9-3-2-4-10-17)19(25-26)15-7-6-12-27(14-15)32(30,31)18-11-5-8-16(13-18)21(22,23)24/h2-5,8-11,13,15H,6-7,12,14H2,1H3. The van der Waals surface area contributed by atoms with Crippen LogP contribution in [0.15, 0.2) is 64.3 Å². The van der Waals surface area contributed by atoms with E-state index < -0.39 is 32.6 Å². The third-order valence-electron chi connectivity index (χ3n) is 5.51. The van der Waals surface area contributed by atoms with Gasteiger partial charge in [-0.1, -0.05) is 24.3 Å². The van der Waals surface area contributed by atoms with Gasteiger partial charge in [-0.2, -0.15) is 22.6 Å². The van der Waals surface area contributed by atoms with Crippen LogP contribution >= 0.6 is 0 Å². The van der Waals surface area contributed by atoms with E-state index in [1.54, 1.807) is 24.3 Å². The first-order valence-corrected chi connectivity index (χ1v) is 11.4. The maximum atomic E-state index is 13.1. The number of nitrogens with zero attached hydrogens (tertiary/aromatic N) is 4. The lowest BCUT2D eigenvalue weighted by molar-refractivity contribution is -0.137. The van der Waals surface area contributed by atoms with Crippen LogP contribution in [0.1, 0.15) is 30.1 Å². The van der Waals surface area contributed by atoms with Crippen LogP contribution in [0, 0.1) is 0 Å². The van der Waals surface area contributed by atoms with Gasteiger partial charge in [-0.05, 0) is 43.2 Å². The van der Waals surface area contributed by atoms with E-state index in [9.17, 15) is 26.4 Å². The fourth-order valence-electron chi connectivity index (χ4n) is 3.92. The Morgan fingerprint density at radius 2 is 1.78 bits per heavy atom. The highest BCUT2D eigenvalue weighted by atomic mass is 32.2. The zero-order chi connectivity index (χ0) is 23.1. The summed E-state index contributed by atoms with van der Waals surface area (Å²) in [6.45, 7) is 0.194. The van der Waals surface area contributed by atoms with Crippen LogP contribution in [-0.4, -0.2) is 40.2 Å². The molecule has 0 bridgehead atoms. The third-order valence-corrected chi connectivity index (χ3v) is 7.37. The number of para-hydroxylation sites is 1. The van der Waals surface area contributed by atoms with Crippen molar-refractivity contribution in [3.05, 3.63) is 76.5 Å². The summed E-state index contributed by atoms with van der Waals surface area (Å²) < 4.78 is 69.3. The molecule has 0 amide bonds. The second-order valence-electron chi connectivity index (χ2n) is 7.66. The van der Waals surface area contributed by atoms with Crippen LogP contribution in [0.25, 0.3) is 5.69 Å². The summed E-state index contributed by atoms with van der Waals surface area (Å²) in [5, 5.41) is 4.34. The Balaban J connectivity index is 1.68. The molecule has 170 valence electrons. The maximum Gasteiger partial charge on any atom is 0.416 e. The molecular formula is C21H21F3N4O3S. The van der Waals surface area contributed by atoms with Crippen molar-refractivity contribution < 1.29 is 21.6 Å². The number of aryl methyl sites for hydroxylation is 1. The van der Waals surface area contributed by atoms with E-state index in [0.29, 0.717) is 30.4 Å². The molecule has 0 N–H and O–H groups in total. The fraction of sp³-hybridized carbons (Fsp3) is 0.333. The van der Waals surface area contributed by atoms with Crippen molar-refractivity contribution in [2.24, 2.45) is 7.05 Å². The van der Waals surface area contributed by atoms with E-state index in [4.69, 9.17) is 0 Å². The van der Waals surface area contributed by atoms with Gasteiger partial charge in [-0.25, -0.2) is 22.5 Å². The molecule has 1 saturated heterocycles. The Morgan fingerprint density at radius 1 is 1.06 bits per heavy atom. The van der Waals surface area contributed by atoms with E-state index in [2.05, 4.69) is 5.10 Å². The summed E-state index contributed by atoms with van der Waals surface area (Å²) >= 11 is 0. The average molecular weight is 466 g/mol. The first-order chi connectivity index (χ1) is 15.1. The number of piperidine rings is 1. The Kier molecular flexibility index (Phi) is 5.72. The van der Waals surface area contributed by atoms with E-state index in [1.807, 2.05) is 6.07 Å². The van der Waals surface area contributed by atoms with Gasteiger partial charge >= 0.3 is 11.9 Å². The molecule has 0 radical (unpaired) electrons. The molecule has 4 rings (SSSR count). The van der Waals surface area contributed by atoms with Crippen molar-refractivity contribution in [1.29, 1.82) is 0 Å². The number of sulfonamides is 1. The second kappa shape index (κ2) is 8.21. The van der Waals surface area contributed by atoms with Crippen molar-refractivity contribution in [3.63, 3.8) is 0 Å². The molecule has 1 aromatic heterocycles. The molecule has 3 aromatic rings. The van der Waals surface area contributed by atoms with Gasteiger partial charge in [0, 0.05) is 26.1 Å². The number of alkyl halides is 3. The van der Waals surface area contributed by atoms with Crippen molar-refractivity contribution in [2.45, 2.75) is 29.8 Å². The number of halogens is 3. The largest absolute Gasteiger partial charge is 0.416 e.